The Balaban J connectivity index is 1.29. The van der Waals surface area contributed by atoms with Crippen LogP contribution in [0.2, 0.25) is 0 Å². The predicted molar refractivity (Wildman–Crippen MR) is 147 cm³/mol. The first-order chi connectivity index (χ1) is 17.4. The van der Waals surface area contributed by atoms with E-state index in [1.807, 2.05) is 6.92 Å². The molecule has 0 radical (unpaired) electrons. The van der Waals surface area contributed by atoms with Crippen molar-refractivity contribution in [2.45, 2.75) is 155 Å². The number of ether oxygens (including phenoxy) is 1. The van der Waals surface area contributed by atoms with Crippen molar-refractivity contribution in [2.24, 2.45) is 16.7 Å². The zero-order valence-corrected chi connectivity index (χ0v) is 23.5. The normalized spacial score (nSPS) is 30.9. The van der Waals surface area contributed by atoms with Gasteiger partial charge in [-0.1, -0.05) is 52.4 Å². The molecule has 0 aliphatic heterocycles. The number of rotatable bonds is 13. The van der Waals surface area contributed by atoms with Gasteiger partial charge in [-0.05, 0) is 131 Å². The van der Waals surface area contributed by atoms with Crippen molar-refractivity contribution in [1.82, 2.24) is 0 Å². The van der Waals surface area contributed by atoms with Crippen LogP contribution in [0.3, 0.4) is 0 Å². The molecule has 0 saturated heterocycles. The van der Waals surface area contributed by atoms with E-state index in [0.717, 1.165) is 43.6 Å². The van der Waals surface area contributed by atoms with Gasteiger partial charge >= 0.3 is 0 Å². The second kappa shape index (κ2) is 12.6. The molecule has 1 unspecified atom stereocenters. The summed E-state index contributed by atoms with van der Waals surface area (Å²) in [5.41, 5.74) is 2.07. The molecule has 1 atom stereocenters. The molecular formula is C33H52F2O. The lowest BCUT2D eigenvalue weighted by Crippen LogP contribution is -2.46. The van der Waals surface area contributed by atoms with E-state index in [4.69, 9.17) is 4.74 Å². The van der Waals surface area contributed by atoms with E-state index in [1.165, 1.54) is 89.9 Å². The van der Waals surface area contributed by atoms with Crippen LogP contribution in [0.5, 0.6) is 5.75 Å². The Morgan fingerprint density at radius 2 is 1.39 bits per heavy atom. The van der Waals surface area contributed by atoms with Crippen molar-refractivity contribution >= 4 is 0 Å². The molecule has 204 valence electrons. The van der Waals surface area contributed by atoms with Gasteiger partial charge in [0, 0.05) is 0 Å². The largest absolute Gasteiger partial charge is 0.485 e. The summed E-state index contributed by atoms with van der Waals surface area (Å²) in [5, 5.41) is 0. The van der Waals surface area contributed by atoms with Crippen LogP contribution in [-0.4, -0.2) is 6.10 Å². The van der Waals surface area contributed by atoms with Crippen molar-refractivity contribution in [3.8, 4) is 5.75 Å². The molecule has 0 N–H and O–H groups in total. The minimum absolute atomic E-state index is 0.164. The third-order valence-electron chi connectivity index (χ3n) is 10.6. The van der Waals surface area contributed by atoms with Crippen LogP contribution in [0.4, 0.5) is 8.78 Å². The molecule has 1 aromatic carbocycles. The van der Waals surface area contributed by atoms with Crippen LogP contribution in [0.25, 0.3) is 0 Å². The van der Waals surface area contributed by atoms with Crippen LogP contribution in [0.15, 0.2) is 12.1 Å². The monoisotopic (exact) mass is 502 g/mol. The third-order valence-corrected chi connectivity index (χ3v) is 10.6. The summed E-state index contributed by atoms with van der Waals surface area (Å²) in [6, 6.07) is 3.13. The standard InChI is InChI=1S/C33H52F2O/c1-4-6-8-9-11-25(3)36-31-29(34)23-27(24-30(31)35)26-12-14-28(15-13-26)33-20-17-32(18-21-33,19-22-33)16-10-7-5-2/h23-26,28H,4-22H2,1-3H3. The Hall–Kier alpha value is -1.12. The van der Waals surface area contributed by atoms with Crippen molar-refractivity contribution in [3.05, 3.63) is 29.3 Å². The molecule has 5 rings (SSSR count). The lowest BCUT2D eigenvalue weighted by molar-refractivity contribution is -0.0630. The van der Waals surface area contributed by atoms with Gasteiger partial charge in [0.2, 0.25) is 0 Å². The molecule has 1 aromatic rings. The Labute approximate surface area is 220 Å². The van der Waals surface area contributed by atoms with Crippen LogP contribution in [0, 0.1) is 28.4 Å². The van der Waals surface area contributed by atoms with Gasteiger partial charge in [0.25, 0.3) is 0 Å². The summed E-state index contributed by atoms with van der Waals surface area (Å²) in [4.78, 5) is 0. The first-order valence-corrected chi connectivity index (χ1v) is 15.6. The molecule has 4 aliphatic rings. The second-order valence-corrected chi connectivity index (χ2v) is 13.0. The van der Waals surface area contributed by atoms with Crippen molar-refractivity contribution in [1.29, 1.82) is 0 Å². The van der Waals surface area contributed by atoms with Crippen LogP contribution < -0.4 is 4.74 Å². The van der Waals surface area contributed by atoms with Gasteiger partial charge < -0.3 is 4.74 Å². The molecule has 2 bridgehead atoms. The highest BCUT2D eigenvalue weighted by atomic mass is 19.1. The maximum atomic E-state index is 14.9. The molecule has 1 nitrogen and oxygen atoms in total. The number of halogens is 2. The lowest BCUT2D eigenvalue weighted by atomic mass is 9.47. The Bertz CT molecular complexity index is 777. The van der Waals surface area contributed by atoms with E-state index in [9.17, 15) is 8.78 Å². The van der Waals surface area contributed by atoms with Gasteiger partial charge in [-0.3, -0.25) is 0 Å². The lowest BCUT2D eigenvalue weighted by Gasteiger charge is -2.58. The summed E-state index contributed by atoms with van der Waals surface area (Å²) in [5.74, 6) is -0.132. The van der Waals surface area contributed by atoms with Gasteiger partial charge in [0.05, 0.1) is 6.10 Å². The van der Waals surface area contributed by atoms with Crippen LogP contribution >= 0.6 is 0 Å². The minimum Gasteiger partial charge on any atom is -0.485 e. The molecule has 0 aromatic heterocycles. The summed E-state index contributed by atoms with van der Waals surface area (Å²) in [7, 11) is 0. The molecule has 0 spiro atoms. The van der Waals surface area contributed by atoms with Gasteiger partial charge in [-0.25, -0.2) is 8.78 Å². The SMILES string of the molecule is CCCCCCC(C)Oc1c(F)cc(C2CCC(C34CCC(CCCCC)(CC3)CC4)CC2)cc1F. The van der Waals surface area contributed by atoms with Gasteiger partial charge in [-0.15, -0.1) is 0 Å². The van der Waals surface area contributed by atoms with Crippen molar-refractivity contribution < 1.29 is 13.5 Å². The van der Waals surface area contributed by atoms with E-state index in [-0.39, 0.29) is 17.8 Å². The fourth-order valence-corrected chi connectivity index (χ4v) is 8.12. The van der Waals surface area contributed by atoms with E-state index in [2.05, 4.69) is 13.8 Å². The number of fused-ring (bicyclic) bond motifs is 3. The molecule has 4 aliphatic carbocycles. The Kier molecular flexibility index (Phi) is 9.78. The molecular weight excluding hydrogens is 450 g/mol. The number of hydrogen-bond donors (Lipinski definition) is 0. The molecule has 0 heterocycles. The zero-order valence-electron chi connectivity index (χ0n) is 23.5. The summed E-state index contributed by atoms with van der Waals surface area (Å²) in [6.45, 7) is 6.41. The molecule has 4 saturated carbocycles. The average molecular weight is 503 g/mol. The molecule has 3 heteroatoms. The zero-order chi connectivity index (χ0) is 25.6. The molecule has 4 fully saturated rings. The van der Waals surface area contributed by atoms with Crippen LogP contribution in [-0.2, 0) is 0 Å². The predicted octanol–water partition coefficient (Wildman–Crippen LogP) is 10.9. The third kappa shape index (κ3) is 6.47. The minimum atomic E-state index is -0.523. The molecule has 36 heavy (non-hydrogen) atoms. The Morgan fingerprint density at radius 1 is 0.806 bits per heavy atom. The highest BCUT2D eigenvalue weighted by Gasteiger charge is 2.51. The van der Waals surface area contributed by atoms with E-state index < -0.39 is 11.6 Å². The number of hydrogen-bond acceptors (Lipinski definition) is 1. The van der Waals surface area contributed by atoms with Crippen molar-refractivity contribution in [2.75, 3.05) is 0 Å². The highest BCUT2D eigenvalue weighted by Crippen LogP contribution is 2.63. The maximum Gasteiger partial charge on any atom is 0.191 e. The van der Waals surface area contributed by atoms with Gasteiger partial charge in [0.1, 0.15) is 0 Å². The smallest absolute Gasteiger partial charge is 0.191 e. The second-order valence-electron chi connectivity index (χ2n) is 13.0. The van der Waals surface area contributed by atoms with Gasteiger partial charge in [0.15, 0.2) is 17.4 Å². The Morgan fingerprint density at radius 3 is 1.97 bits per heavy atom. The first-order valence-electron chi connectivity index (χ1n) is 15.6. The van der Waals surface area contributed by atoms with E-state index >= 15 is 0 Å². The average Bonchev–Trinajstić information content (AvgIpc) is 2.90. The van der Waals surface area contributed by atoms with E-state index in [1.54, 1.807) is 12.1 Å². The van der Waals surface area contributed by atoms with Crippen LogP contribution in [0.1, 0.15) is 154 Å². The molecule has 0 amide bonds. The summed E-state index contributed by atoms with van der Waals surface area (Å²) >= 11 is 0. The quantitative estimate of drug-likeness (QED) is 0.244. The maximum absolute atomic E-state index is 14.9. The van der Waals surface area contributed by atoms with E-state index in [0.29, 0.717) is 10.8 Å². The van der Waals surface area contributed by atoms with Gasteiger partial charge in [-0.2, -0.15) is 0 Å². The fourth-order valence-electron chi connectivity index (χ4n) is 8.12. The number of unbranched alkanes of at least 4 members (excludes halogenated alkanes) is 5. The van der Waals surface area contributed by atoms with Crippen molar-refractivity contribution in [3.63, 3.8) is 0 Å². The summed E-state index contributed by atoms with van der Waals surface area (Å²) < 4.78 is 35.6. The number of benzene rings is 1. The summed E-state index contributed by atoms with van der Waals surface area (Å²) in [6.07, 6.45) is 24.1. The fraction of sp³-hybridized carbons (Fsp3) is 0.818. The highest BCUT2D eigenvalue weighted by molar-refractivity contribution is 5.33. The topological polar surface area (TPSA) is 9.23 Å². The first kappa shape index (κ1) is 27.9.